The normalized spacial score (nSPS) is 17.4. The molecule has 34 heavy (non-hydrogen) atoms. The van der Waals surface area contributed by atoms with Gasteiger partial charge in [0.15, 0.2) is 0 Å². The number of carbonyl (C=O) groups is 2. The zero-order valence-electron chi connectivity index (χ0n) is 19.8. The van der Waals surface area contributed by atoms with E-state index in [1.807, 2.05) is 13.8 Å². The van der Waals surface area contributed by atoms with E-state index in [1.165, 1.54) is 30.2 Å². The summed E-state index contributed by atoms with van der Waals surface area (Å²) in [6.45, 7) is 8.10. The predicted molar refractivity (Wildman–Crippen MR) is 128 cm³/mol. The number of ether oxygens (including phenoxy) is 1. The van der Waals surface area contributed by atoms with Crippen LogP contribution in [0, 0.1) is 17.0 Å². The molecule has 2 aromatic carbocycles. The Labute approximate surface area is 198 Å². The molecule has 1 amide bonds. The first-order valence-corrected chi connectivity index (χ1v) is 11.1. The fourth-order valence-electron chi connectivity index (χ4n) is 4.24. The molecule has 0 aliphatic carbocycles. The summed E-state index contributed by atoms with van der Waals surface area (Å²) in [5, 5.41) is 22.6. The number of aliphatic hydroxyl groups excluding tert-OH is 1. The second-order valence-electron chi connectivity index (χ2n) is 8.06. The van der Waals surface area contributed by atoms with Crippen LogP contribution < -0.4 is 4.74 Å². The van der Waals surface area contributed by atoms with E-state index in [9.17, 15) is 24.8 Å². The van der Waals surface area contributed by atoms with Crippen LogP contribution >= 0.6 is 0 Å². The molecule has 1 fully saturated rings. The zero-order valence-corrected chi connectivity index (χ0v) is 19.8. The van der Waals surface area contributed by atoms with Crippen LogP contribution in [0.3, 0.4) is 0 Å². The molecule has 1 N–H and O–H groups in total. The number of Topliss-reactive ketones (excluding diaryl/α,β-unsaturated/α-hetero) is 1. The lowest BCUT2D eigenvalue weighted by atomic mass is 9.94. The second-order valence-corrected chi connectivity index (χ2v) is 8.06. The van der Waals surface area contributed by atoms with Crippen LogP contribution in [0.2, 0.25) is 0 Å². The van der Waals surface area contributed by atoms with E-state index in [2.05, 4.69) is 4.90 Å². The Bertz CT molecular complexity index is 1140. The van der Waals surface area contributed by atoms with Gasteiger partial charge in [0, 0.05) is 30.8 Å². The van der Waals surface area contributed by atoms with E-state index in [0.717, 1.165) is 18.7 Å². The molecule has 0 saturated carbocycles. The molecule has 1 aliphatic heterocycles. The first-order valence-electron chi connectivity index (χ1n) is 11.1. The van der Waals surface area contributed by atoms with Crippen molar-refractivity contribution in [3.63, 3.8) is 0 Å². The predicted octanol–water partition coefficient (Wildman–Crippen LogP) is 3.68. The highest BCUT2D eigenvalue weighted by atomic mass is 16.6. The number of nitro groups is 1. The van der Waals surface area contributed by atoms with Gasteiger partial charge in [-0.3, -0.25) is 19.7 Å². The average molecular weight is 468 g/mol. The van der Waals surface area contributed by atoms with E-state index in [4.69, 9.17) is 4.74 Å². The van der Waals surface area contributed by atoms with E-state index in [1.54, 1.807) is 31.2 Å². The lowest BCUT2D eigenvalue weighted by Crippen LogP contribution is -2.38. The number of hydrogen-bond donors (Lipinski definition) is 1. The van der Waals surface area contributed by atoms with Crippen molar-refractivity contribution >= 4 is 23.1 Å². The number of amides is 1. The third-order valence-electron chi connectivity index (χ3n) is 6.16. The van der Waals surface area contributed by atoms with Crippen LogP contribution in [0.15, 0.2) is 48.0 Å². The maximum Gasteiger partial charge on any atom is 0.295 e. The van der Waals surface area contributed by atoms with Crippen LogP contribution in [0.4, 0.5) is 5.69 Å². The summed E-state index contributed by atoms with van der Waals surface area (Å²) in [5.41, 5.74) is 1.24. The Kier molecular flexibility index (Phi) is 7.68. The number of ketones is 1. The quantitative estimate of drug-likeness (QED) is 0.197. The van der Waals surface area contributed by atoms with E-state index >= 15 is 0 Å². The first kappa shape index (κ1) is 24.9. The van der Waals surface area contributed by atoms with Crippen molar-refractivity contribution in [2.75, 3.05) is 33.3 Å². The molecule has 180 valence electrons. The number of benzene rings is 2. The Morgan fingerprint density at radius 3 is 2.47 bits per heavy atom. The highest BCUT2D eigenvalue weighted by Gasteiger charge is 2.46. The van der Waals surface area contributed by atoms with Crippen molar-refractivity contribution in [1.82, 2.24) is 9.80 Å². The summed E-state index contributed by atoms with van der Waals surface area (Å²) in [7, 11) is 1.53. The third-order valence-corrected chi connectivity index (χ3v) is 6.16. The lowest BCUT2D eigenvalue weighted by Gasteiger charge is -2.28. The molecular formula is C25H29N3O6. The number of hydrogen-bond acceptors (Lipinski definition) is 7. The van der Waals surface area contributed by atoms with Crippen molar-refractivity contribution < 1.29 is 24.4 Å². The molecular weight excluding hydrogens is 438 g/mol. The van der Waals surface area contributed by atoms with Gasteiger partial charge in [-0.15, -0.1) is 0 Å². The molecule has 0 spiro atoms. The van der Waals surface area contributed by atoms with Crippen LogP contribution in [-0.2, 0) is 9.59 Å². The second kappa shape index (κ2) is 10.5. The van der Waals surface area contributed by atoms with E-state index in [-0.39, 0.29) is 23.6 Å². The van der Waals surface area contributed by atoms with Gasteiger partial charge >= 0.3 is 0 Å². The topological polar surface area (TPSA) is 113 Å². The maximum atomic E-state index is 13.1. The smallest absolute Gasteiger partial charge is 0.295 e. The summed E-state index contributed by atoms with van der Waals surface area (Å²) in [6, 6.07) is 9.82. The number of likely N-dealkylation sites (tertiary alicyclic amines) is 1. The average Bonchev–Trinajstić information content (AvgIpc) is 3.09. The SMILES string of the molecule is CCN(CC)CCN1C(=O)C(=O)/C(=C(/O)c2ccc(OC)c(C)c2)C1c1cccc([N+](=O)[O-])c1. The number of aliphatic hydroxyl groups is 1. The van der Waals surface area contributed by atoms with Gasteiger partial charge in [-0.1, -0.05) is 26.0 Å². The molecule has 2 aromatic rings. The molecule has 1 unspecified atom stereocenters. The number of likely N-dealkylation sites (N-methyl/N-ethyl adjacent to an activating group) is 1. The fourth-order valence-corrected chi connectivity index (χ4v) is 4.24. The van der Waals surface area contributed by atoms with Gasteiger partial charge in [-0.25, -0.2) is 0 Å². The minimum atomic E-state index is -0.946. The standard InChI is InChI=1S/C25H29N3O6/c1-5-26(6-2)12-13-27-22(17-8-7-9-19(15-17)28(32)33)21(24(30)25(27)31)23(29)18-10-11-20(34-4)16(3)14-18/h7-11,14-15,22,29H,5-6,12-13H2,1-4H3/b23-21+. The molecule has 0 aromatic heterocycles. The molecule has 3 rings (SSSR count). The van der Waals surface area contributed by atoms with Crippen molar-refractivity contribution in [3.8, 4) is 5.75 Å². The summed E-state index contributed by atoms with van der Waals surface area (Å²) in [5.74, 6) is -1.27. The summed E-state index contributed by atoms with van der Waals surface area (Å²) in [4.78, 5) is 40.6. The molecule has 0 radical (unpaired) electrons. The van der Waals surface area contributed by atoms with Gasteiger partial charge in [0.25, 0.3) is 17.4 Å². The Morgan fingerprint density at radius 2 is 1.88 bits per heavy atom. The Hall–Kier alpha value is -3.72. The molecule has 9 nitrogen and oxygen atoms in total. The number of methoxy groups -OCH3 is 1. The molecule has 1 heterocycles. The Morgan fingerprint density at radius 1 is 1.18 bits per heavy atom. The monoisotopic (exact) mass is 467 g/mol. The van der Waals surface area contributed by atoms with Crippen molar-refractivity contribution in [1.29, 1.82) is 0 Å². The van der Waals surface area contributed by atoms with Gasteiger partial charge in [0.2, 0.25) is 0 Å². The van der Waals surface area contributed by atoms with Crippen molar-refractivity contribution in [3.05, 3.63) is 74.8 Å². The summed E-state index contributed by atoms with van der Waals surface area (Å²) < 4.78 is 5.27. The first-order chi connectivity index (χ1) is 16.2. The number of carbonyl (C=O) groups excluding carboxylic acids is 2. The molecule has 0 bridgehead atoms. The van der Waals surface area contributed by atoms with E-state index in [0.29, 0.717) is 23.4 Å². The van der Waals surface area contributed by atoms with Crippen molar-refractivity contribution in [2.45, 2.75) is 26.8 Å². The maximum absolute atomic E-state index is 13.1. The van der Waals surface area contributed by atoms with Gasteiger partial charge in [-0.05, 0) is 49.3 Å². The van der Waals surface area contributed by atoms with Gasteiger partial charge < -0.3 is 19.6 Å². The minimum absolute atomic E-state index is 0.0883. The molecule has 9 heteroatoms. The van der Waals surface area contributed by atoms with Crippen LogP contribution in [0.1, 0.15) is 36.6 Å². The number of nitro benzene ring substituents is 1. The highest BCUT2D eigenvalue weighted by Crippen LogP contribution is 2.40. The summed E-state index contributed by atoms with van der Waals surface area (Å²) >= 11 is 0. The fraction of sp³-hybridized carbons (Fsp3) is 0.360. The third kappa shape index (κ3) is 4.79. The number of aryl methyl sites for hydroxylation is 1. The zero-order chi connectivity index (χ0) is 25.0. The van der Waals surface area contributed by atoms with Gasteiger partial charge in [-0.2, -0.15) is 0 Å². The minimum Gasteiger partial charge on any atom is -0.507 e. The van der Waals surface area contributed by atoms with Gasteiger partial charge in [0.1, 0.15) is 11.5 Å². The van der Waals surface area contributed by atoms with E-state index < -0.39 is 22.7 Å². The van der Waals surface area contributed by atoms with Crippen LogP contribution in [-0.4, -0.2) is 64.8 Å². The van der Waals surface area contributed by atoms with Gasteiger partial charge in [0.05, 0.1) is 23.6 Å². The largest absolute Gasteiger partial charge is 0.507 e. The lowest BCUT2D eigenvalue weighted by molar-refractivity contribution is -0.384. The van der Waals surface area contributed by atoms with Crippen molar-refractivity contribution in [2.24, 2.45) is 0 Å². The number of rotatable bonds is 9. The molecule has 1 atom stereocenters. The number of non-ortho nitro benzene ring substituents is 1. The molecule has 1 saturated heterocycles. The molecule has 1 aliphatic rings. The summed E-state index contributed by atoms with van der Waals surface area (Å²) in [6.07, 6.45) is 0. The van der Waals surface area contributed by atoms with Crippen LogP contribution in [0.5, 0.6) is 5.75 Å². The Balaban J connectivity index is 2.16. The number of nitrogens with zero attached hydrogens (tertiary/aromatic N) is 3. The highest BCUT2D eigenvalue weighted by molar-refractivity contribution is 6.46. The van der Waals surface area contributed by atoms with Crippen LogP contribution in [0.25, 0.3) is 5.76 Å².